The zero-order valence-corrected chi connectivity index (χ0v) is 16.7. The zero-order chi connectivity index (χ0) is 20.8. The lowest BCUT2D eigenvalue weighted by atomic mass is 10.1. The molecule has 0 amide bonds. The van der Waals surface area contributed by atoms with Gasteiger partial charge in [-0.1, -0.05) is 59.8 Å². The van der Waals surface area contributed by atoms with Crippen LogP contribution in [0.15, 0.2) is 83.4 Å². The maximum Gasteiger partial charge on any atom is 0.171 e. The van der Waals surface area contributed by atoms with Crippen LogP contribution in [0.2, 0.25) is 0 Å². The van der Waals surface area contributed by atoms with Crippen molar-refractivity contribution in [3.63, 3.8) is 0 Å². The lowest BCUT2D eigenvalue weighted by molar-refractivity contribution is 0.0873. The molecule has 1 aromatic heterocycles. The SMILES string of the molecule is CC(NCC(O)COc1cccc2onc(-c3ccccc3)c12)Oc1ccccc1. The molecule has 6 nitrogen and oxygen atoms in total. The number of rotatable bonds is 9. The topological polar surface area (TPSA) is 76.8 Å². The van der Waals surface area contributed by atoms with Crippen LogP contribution in [0.3, 0.4) is 0 Å². The summed E-state index contributed by atoms with van der Waals surface area (Å²) in [6.07, 6.45) is -0.949. The minimum Gasteiger partial charge on any atom is -0.490 e. The Labute approximate surface area is 175 Å². The Morgan fingerprint density at radius 3 is 2.47 bits per heavy atom. The number of aliphatic hydroxyl groups excluding tert-OH is 1. The van der Waals surface area contributed by atoms with Crippen molar-refractivity contribution >= 4 is 11.0 Å². The first-order chi connectivity index (χ1) is 14.7. The number of hydrogen-bond acceptors (Lipinski definition) is 6. The van der Waals surface area contributed by atoms with Crippen LogP contribution in [0.25, 0.3) is 22.2 Å². The third-order valence-electron chi connectivity index (χ3n) is 4.64. The Hall–Kier alpha value is -3.35. The molecule has 4 aromatic rings. The molecule has 0 spiro atoms. The fraction of sp³-hybridized carbons (Fsp3) is 0.208. The Balaban J connectivity index is 1.37. The van der Waals surface area contributed by atoms with Crippen LogP contribution in [0, 0.1) is 0 Å². The van der Waals surface area contributed by atoms with E-state index in [9.17, 15) is 5.11 Å². The predicted octanol–water partition coefficient (Wildman–Crippen LogP) is 4.25. The standard InChI is InChI=1S/C24H24N2O4/c1-17(29-20-11-6-3-7-12-20)25-15-19(27)16-28-21-13-8-14-22-23(21)24(26-30-22)18-9-4-2-5-10-18/h2-14,17,19,25,27H,15-16H2,1H3. The molecule has 0 radical (unpaired) electrons. The van der Waals surface area contributed by atoms with Gasteiger partial charge in [0.25, 0.3) is 0 Å². The number of hydrogen-bond donors (Lipinski definition) is 2. The Morgan fingerprint density at radius 1 is 0.967 bits per heavy atom. The molecule has 0 saturated heterocycles. The Bertz CT molecular complexity index is 1070. The van der Waals surface area contributed by atoms with E-state index in [-0.39, 0.29) is 12.8 Å². The minimum atomic E-state index is -0.706. The molecule has 30 heavy (non-hydrogen) atoms. The summed E-state index contributed by atoms with van der Waals surface area (Å²) in [5.74, 6) is 1.40. The summed E-state index contributed by atoms with van der Waals surface area (Å²) in [4.78, 5) is 0. The van der Waals surface area contributed by atoms with Crippen LogP contribution in [-0.4, -0.2) is 35.7 Å². The lowest BCUT2D eigenvalue weighted by Crippen LogP contribution is -2.39. The number of nitrogens with one attached hydrogen (secondary N) is 1. The van der Waals surface area contributed by atoms with Crippen LogP contribution < -0.4 is 14.8 Å². The van der Waals surface area contributed by atoms with Gasteiger partial charge in [0.1, 0.15) is 36.1 Å². The predicted molar refractivity (Wildman–Crippen MR) is 115 cm³/mol. The van der Waals surface area contributed by atoms with Gasteiger partial charge in [-0.25, -0.2) is 0 Å². The lowest BCUT2D eigenvalue weighted by Gasteiger charge is -2.19. The number of benzene rings is 3. The van der Waals surface area contributed by atoms with E-state index in [4.69, 9.17) is 14.0 Å². The summed E-state index contributed by atoms with van der Waals surface area (Å²) in [7, 11) is 0. The maximum atomic E-state index is 10.4. The molecule has 2 N–H and O–H groups in total. The van der Waals surface area contributed by atoms with Gasteiger partial charge in [0.2, 0.25) is 0 Å². The first kappa shape index (κ1) is 19.9. The maximum absolute atomic E-state index is 10.4. The summed E-state index contributed by atoms with van der Waals surface area (Å²) in [6, 6.07) is 24.9. The van der Waals surface area contributed by atoms with Crippen LogP contribution in [0.1, 0.15) is 6.92 Å². The highest BCUT2D eigenvalue weighted by molar-refractivity contribution is 5.96. The van der Waals surface area contributed by atoms with Gasteiger partial charge in [0, 0.05) is 12.1 Å². The van der Waals surface area contributed by atoms with E-state index in [0.717, 1.165) is 22.4 Å². The number of para-hydroxylation sites is 1. The van der Waals surface area contributed by atoms with Gasteiger partial charge in [-0.15, -0.1) is 0 Å². The van der Waals surface area contributed by atoms with Crippen molar-refractivity contribution in [2.24, 2.45) is 0 Å². The van der Waals surface area contributed by atoms with Crippen LogP contribution in [0.4, 0.5) is 0 Å². The second-order valence-electron chi connectivity index (χ2n) is 6.97. The molecule has 3 aromatic carbocycles. The highest BCUT2D eigenvalue weighted by Crippen LogP contribution is 2.34. The Kier molecular flexibility index (Phi) is 6.27. The zero-order valence-electron chi connectivity index (χ0n) is 16.7. The van der Waals surface area contributed by atoms with Crippen molar-refractivity contribution in [1.82, 2.24) is 10.5 Å². The van der Waals surface area contributed by atoms with Gasteiger partial charge in [-0.2, -0.15) is 0 Å². The van der Waals surface area contributed by atoms with E-state index < -0.39 is 6.10 Å². The molecule has 1 heterocycles. The molecule has 0 saturated carbocycles. The smallest absolute Gasteiger partial charge is 0.171 e. The molecular weight excluding hydrogens is 380 g/mol. The molecule has 2 unspecified atom stereocenters. The van der Waals surface area contributed by atoms with Gasteiger partial charge in [0.05, 0.1) is 5.39 Å². The first-order valence-corrected chi connectivity index (χ1v) is 9.90. The normalized spacial score (nSPS) is 13.1. The number of nitrogens with zero attached hydrogens (tertiary/aromatic N) is 1. The molecule has 4 rings (SSSR count). The van der Waals surface area contributed by atoms with E-state index in [1.807, 2.05) is 85.8 Å². The fourth-order valence-corrected chi connectivity index (χ4v) is 3.17. The van der Waals surface area contributed by atoms with Gasteiger partial charge in [-0.3, -0.25) is 5.32 Å². The molecule has 0 fully saturated rings. The fourth-order valence-electron chi connectivity index (χ4n) is 3.17. The molecule has 2 atom stereocenters. The number of fused-ring (bicyclic) bond motifs is 1. The molecule has 154 valence electrons. The van der Waals surface area contributed by atoms with E-state index in [1.165, 1.54) is 0 Å². The second kappa shape index (κ2) is 9.43. The highest BCUT2D eigenvalue weighted by Gasteiger charge is 2.16. The van der Waals surface area contributed by atoms with Crippen LogP contribution >= 0.6 is 0 Å². The quantitative estimate of drug-likeness (QED) is 0.406. The van der Waals surface area contributed by atoms with Crippen molar-refractivity contribution < 1.29 is 19.1 Å². The molecule has 0 aliphatic heterocycles. The van der Waals surface area contributed by atoms with Gasteiger partial charge < -0.3 is 19.1 Å². The average molecular weight is 404 g/mol. The largest absolute Gasteiger partial charge is 0.490 e. The third kappa shape index (κ3) is 4.79. The van der Waals surface area contributed by atoms with Crippen molar-refractivity contribution in [2.45, 2.75) is 19.3 Å². The minimum absolute atomic E-state index is 0.129. The number of aliphatic hydroxyl groups is 1. The van der Waals surface area contributed by atoms with Gasteiger partial charge in [0.15, 0.2) is 5.58 Å². The molecular formula is C24H24N2O4. The van der Waals surface area contributed by atoms with Crippen molar-refractivity contribution in [3.05, 3.63) is 78.9 Å². The third-order valence-corrected chi connectivity index (χ3v) is 4.64. The first-order valence-electron chi connectivity index (χ1n) is 9.90. The van der Waals surface area contributed by atoms with Crippen molar-refractivity contribution in [3.8, 4) is 22.8 Å². The van der Waals surface area contributed by atoms with E-state index >= 15 is 0 Å². The van der Waals surface area contributed by atoms with E-state index in [2.05, 4.69) is 10.5 Å². The van der Waals surface area contributed by atoms with Crippen LogP contribution in [0.5, 0.6) is 11.5 Å². The van der Waals surface area contributed by atoms with Crippen molar-refractivity contribution in [1.29, 1.82) is 0 Å². The summed E-state index contributed by atoms with van der Waals surface area (Å²) in [5, 5.41) is 18.5. The molecule has 6 heteroatoms. The van der Waals surface area contributed by atoms with Crippen LogP contribution in [-0.2, 0) is 0 Å². The van der Waals surface area contributed by atoms with Gasteiger partial charge >= 0.3 is 0 Å². The monoisotopic (exact) mass is 404 g/mol. The average Bonchev–Trinajstić information content (AvgIpc) is 3.22. The number of ether oxygens (including phenoxy) is 2. The summed E-state index contributed by atoms with van der Waals surface area (Å²) in [5.41, 5.74) is 2.31. The van der Waals surface area contributed by atoms with E-state index in [1.54, 1.807) is 0 Å². The van der Waals surface area contributed by atoms with Gasteiger partial charge in [-0.05, 0) is 31.2 Å². The molecule has 0 aliphatic rings. The van der Waals surface area contributed by atoms with Crippen molar-refractivity contribution in [2.75, 3.05) is 13.2 Å². The highest BCUT2D eigenvalue weighted by atomic mass is 16.5. The Morgan fingerprint density at radius 2 is 1.70 bits per heavy atom. The molecule has 0 bridgehead atoms. The number of aromatic nitrogens is 1. The second-order valence-corrected chi connectivity index (χ2v) is 6.97. The summed E-state index contributed by atoms with van der Waals surface area (Å²) in [6.45, 7) is 2.35. The summed E-state index contributed by atoms with van der Waals surface area (Å²) >= 11 is 0. The molecule has 0 aliphatic carbocycles. The summed E-state index contributed by atoms with van der Waals surface area (Å²) < 4.78 is 17.1. The van der Waals surface area contributed by atoms with E-state index in [0.29, 0.717) is 17.9 Å².